The van der Waals surface area contributed by atoms with Crippen LogP contribution in [0.5, 0.6) is 0 Å². The molecule has 0 aliphatic rings. The standard InChI is InChI=1S/C20H39NO.V/c1-5-19(4)17-21-16-14-12-10-8-6-7-9-11-13-15-20(22)18(2)3;/h18-19,21H,5-15,17H2,1-4H3;. The van der Waals surface area contributed by atoms with Gasteiger partial charge in [0.05, 0.1) is 0 Å². The third-order valence-electron chi connectivity index (χ3n) is 4.58. The molecule has 0 aromatic heterocycles. The Morgan fingerprint density at radius 2 is 1.35 bits per heavy atom. The summed E-state index contributed by atoms with van der Waals surface area (Å²) in [6.45, 7) is 9.66. The molecule has 0 radical (unpaired) electrons. The van der Waals surface area contributed by atoms with Crippen molar-refractivity contribution in [3.05, 3.63) is 0 Å². The summed E-state index contributed by atoms with van der Waals surface area (Å²) in [5.74, 6) is 1.41. The van der Waals surface area contributed by atoms with Crippen molar-refractivity contribution < 1.29 is 21.8 Å². The van der Waals surface area contributed by atoms with Crippen LogP contribution in [-0.2, 0) is 21.8 Å². The molecule has 1 unspecified atom stereocenters. The SMILES string of the molecule is CCC(C)CN[C](=[V])CCCCCCCCCCC(=O)C(C)C. The predicted molar refractivity (Wildman–Crippen MR) is 98.5 cm³/mol. The van der Waals surface area contributed by atoms with Gasteiger partial charge in [-0.3, -0.25) is 4.79 Å². The Morgan fingerprint density at radius 3 is 1.83 bits per heavy atom. The summed E-state index contributed by atoms with van der Waals surface area (Å²) in [5.41, 5.74) is 0. The van der Waals surface area contributed by atoms with Crippen LogP contribution < -0.4 is 5.32 Å². The van der Waals surface area contributed by atoms with Crippen molar-refractivity contribution in [1.82, 2.24) is 5.32 Å². The van der Waals surface area contributed by atoms with Gasteiger partial charge in [0.1, 0.15) is 0 Å². The molecule has 0 spiro atoms. The zero-order valence-corrected chi connectivity index (χ0v) is 17.4. The number of carbonyl (C=O) groups excluding carboxylic acids is 1. The Hall–Kier alpha value is 0.0844. The van der Waals surface area contributed by atoms with Gasteiger partial charge in [-0.2, -0.15) is 0 Å². The molecule has 1 N–H and O–H groups in total. The summed E-state index contributed by atoms with van der Waals surface area (Å²) in [7, 11) is 0. The van der Waals surface area contributed by atoms with E-state index >= 15 is 0 Å². The second kappa shape index (κ2) is 15.6. The van der Waals surface area contributed by atoms with E-state index in [4.69, 9.17) is 0 Å². The van der Waals surface area contributed by atoms with E-state index in [1.807, 2.05) is 13.8 Å². The normalized spacial score (nSPS) is 12.5. The Balaban J connectivity index is 3.27. The van der Waals surface area contributed by atoms with Gasteiger partial charge >= 0.3 is 129 Å². The van der Waals surface area contributed by atoms with Crippen LogP contribution in [0.1, 0.15) is 98.3 Å². The predicted octanol–water partition coefficient (Wildman–Crippen LogP) is 5.42. The second-order valence-corrected chi connectivity index (χ2v) is 8.13. The second-order valence-electron chi connectivity index (χ2n) is 7.29. The number of Topliss-reactive ketones (excluding diaryl/α,β-unsaturated/α-hetero) is 1. The number of unbranched alkanes of at least 4 members (excludes halogenated alkanes) is 7. The van der Waals surface area contributed by atoms with Crippen LogP contribution in [0.3, 0.4) is 0 Å². The van der Waals surface area contributed by atoms with Crippen LogP contribution in [-0.4, -0.2) is 16.7 Å². The zero-order chi connectivity index (χ0) is 17.5. The van der Waals surface area contributed by atoms with Gasteiger partial charge in [0, 0.05) is 5.92 Å². The fraction of sp³-hybridized carbons (Fsp3) is 0.900. The van der Waals surface area contributed by atoms with Crippen LogP contribution >= 0.6 is 0 Å². The first-order valence-electron chi connectivity index (χ1n) is 9.78. The molecular weight excluding hydrogens is 321 g/mol. The number of hydrogen-bond acceptors (Lipinski definition) is 2. The van der Waals surface area contributed by atoms with E-state index in [1.165, 1.54) is 62.1 Å². The van der Waals surface area contributed by atoms with Crippen LogP contribution in [0.25, 0.3) is 0 Å². The van der Waals surface area contributed by atoms with Crippen molar-refractivity contribution in [2.24, 2.45) is 11.8 Å². The fourth-order valence-corrected chi connectivity index (χ4v) is 2.86. The van der Waals surface area contributed by atoms with E-state index in [9.17, 15) is 4.79 Å². The molecule has 0 aliphatic heterocycles. The third-order valence-corrected chi connectivity index (χ3v) is 5.18. The number of carbonyl (C=O) groups is 1. The van der Waals surface area contributed by atoms with Gasteiger partial charge < -0.3 is 0 Å². The molecule has 0 saturated carbocycles. The maximum absolute atomic E-state index is 11.5. The molecule has 0 aromatic rings. The van der Waals surface area contributed by atoms with Crippen LogP contribution in [0.4, 0.5) is 0 Å². The quantitative estimate of drug-likeness (QED) is 0.372. The van der Waals surface area contributed by atoms with Crippen LogP contribution in [0.2, 0.25) is 0 Å². The topological polar surface area (TPSA) is 29.1 Å². The molecule has 0 amide bonds. The van der Waals surface area contributed by atoms with E-state index in [0.29, 0.717) is 5.78 Å². The van der Waals surface area contributed by atoms with Gasteiger partial charge in [-0.25, -0.2) is 0 Å². The van der Waals surface area contributed by atoms with Crippen molar-refractivity contribution >= 4 is 10.1 Å². The first-order valence-corrected chi connectivity index (χ1v) is 10.5. The van der Waals surface area contributed by atoms with Crippen LogP contribution in [0, 0.1) is 11.8 Å². The Bertz CT molecular complexity index is 315. The zero-order valence-electron chi connectivity index (χ0n) is 16.0. The minimum Gasteiger partial charge on any atom is -0.299 e. The minimum absolute atomic E-state index is 0.216. The summed E-state index contributed by atoms with van der Waals surface area (Å²) < 4.78 is 1.40. The number of nitrogens with one attached hydrogen (secondary N) is 1. The molecule has 0 aromatic carbocycles. The summed E-state index contributed by atoms with van der Waals surface area (Å²) in [5, 5.41) is 3.54. The van der Waals surface area contributed by atoms with Crippen molar-refractivity contribution in [1.29, 1.82) is 0 Å². The molecule has 135 valence electrons. The van der Waals surface area contributed by atoms with E-state index in [2.05, 4.69) is 36.1 Å². The van der Waals surface area contributed by atoms with Crippen LogP contribution in [0.15, 0.2) is 0 Å². The van der Waals surface area contributed by atoms with E-state index < -0.39 is 0 Å². The third kappa shape index (κ3) is 15.4. The molecule has 0 aliphatic carbocycles. The van der Waals surface area contributed by atoms with Crippen molar-refractivity contribution in [3.8, 4) is 0 Å². The van der Waals surface area contributed by atoms with E-state index in [1.54, 1.807) is 0 Å². The monoisotopic (exact) mass is 360 g/mol. The molecule has 3 heteroatoms. The summed E-state index contributed by atoms with van der Waals surface area (Å²) >= 11 is 2.71. The molecule has 1 atom stereocenters. The Labute approximate surface area is 154 Å². The van der Waals surface area contributed by atoms with Gasteiger partial charge in [0.2, 0.25) is 0 Å². The molecule has 0 bridgehead atoms. The van der Waals surface area contributed by atoms with Gasteiger partial charge in [-0.05, 0) is 0 Å². The van der Waals surface area contributed by atoms with Crippen molar-refractivity contribution in [2.75, 3.05) is 6.54 Å². The van der Waals surface area contributed by atoms with Crippen molar-refractivity contribution in [3.63, 3.8) is 0 Å². The Kier molecular flexibility index (Phi) is 15.7. The average Bonchev–Trinajstić information content (AvgIpc) is 2.53. The van der Waals surface area contributed by atoms with Gasteiger partial charge in [0.25, 0.3) is 0 Å². The van der Waals surface area contributed by atoms with Crippen molar-refractivity contribution in [2.45, 2.75) is 98.3 Å². The first kappa shape index (κ1) is 23.1. The number of rotatable bonds is 16. The average molecular weight is 360 g/mol. The summed E-state index contributed by atoms with van der Waals surface area (Å²) in [6.07, 6.45) is 13.5. The molecule has 2 nitrogen and oxygen atoms in total. The summed E-state index contributed by atoms with van der Waals surface area (Å²) in [4.78, 5) is 11.5. The minimum atomic E-state index is 0.216. The number of ketones is 1. The molecular formula is C20H39NOV. The summed E-state index contributed by atoms with van der Waals surface area (Å²) in [6, 6.07) is 0. The molecule has 0 saturated heterocycles. The number of hydrogen-bond donors (Lipinski definition) is 1. The molecule has 0 fully saturated rings. The van der Waals surface area contributed by atoms with Gasteiger partial charge in [-0.15, -0.1) is 0 Å². The molecule has 0 rings (SSSR count). The van der Waals surface area contributed by atoms with E-state index in [-0.39, 0.29) is 5.92 Å². The maximum atomic E-state index is 11.5. The Morgan fingerprint density at radius 1 is 0.870 bits per heavy atom. The van der Waals surface area contributed by atoms with Gasteiger partial charge in [-0.1, -0.05) is 13.8 Å². The van der Waals surface area contributed by atoms with E-state index in [0.717, 1.165) is 25.3 Å². The van der Waals surface area contributed by atoms with Gasteiger partial charge in [0.15, 0.2) is 0 Å². The fourth-order valence-electron chi connectivity index (χ4n) is 2.47. The molecule has 0 heterocycles. The first-order chi connectivity index (χ1) is 11.0. The molecule has 23 heavy (non-hydrogen) atoms. The smallest absolute Gasteiger partial charge is 0.299 e.